The lowest BCUT2D eigenvalue weighted by molar-refractivity contribution is 0.550. The van der Waals surface area contributed by atoms with Crippen molar-refractivity contribution in [3.63, 3.8) is 0 Å². The SMILES string of the molecule is Cc1cccc(CC(CBr)(CBr)c2cccc(Br)c2)c1. The van der Waals surface area contributed by atoms with Crippen molar-refractivity contribution in [1.29, 1.82) is 0 Å². The summed E-state index contributed by atoms with van der Waals surface area (Å²) >= 11 is 11.0. The molecule has 0 bridgehead atoms. The summed E-state index contributed by atoms with van der Waals surface area (Å²) in [5.74, 6) is 0. The van der Waals surface area contributed by atoms with E-state index in [1.165, 1.54) is 16.7 Å². The molecular formula is C17H17Br3. The van der Waals surface area contributed by atoms with Gasteiger partial charge in [0.2, 0.25) is 0 Å². The highest BCUT2D eigenvalue weighted by Gasteiger charge is 2.30. The van der Waals surface area contributed by atoms with E-state index in [0.717, 1.165) is 21.6 Å². The lowest BCUT2D eigenvalue weighted by Gasteiger charge is -2.31. The zero-order chi connectivity index (χ0) is 14.6. The second-order valence-electron chi connectivity index (χ2n) is 5.22. The van der Waals surface area contributed by atoms with Gasteiger partial charge in [-0.3, -0.25) is 0 Å². The monoisotopic (exact) mass is 458 g/mol. The Bertz CT molecular complexity index is 574. The van der Waals surface area contributed by atoms with Crippen LogP contribution in [0.5, 0.6) is 0 Å². The minimum absolute atomic E-state index is 0.0670. The van der Waals surface area contributed by atoms with Crippen LogP contribution in [-0.4, -0.2) is 10.7 Å². The molecule has 0 saturated carbocycles. The van der Waals surface area contributed by atoms with Crippen molar-refractivity contribution in [3.8, 4) is 0 Å². The number of benzene rings is 2. The summed E-state index contributed by atoms with van der Waals surface area (Å²) in [6, 6.07) is 17.4. The predicted molar refractivity (Wildman–Crippen MR) is 98.3 cm³/mol. The average Bonchev–Trinajstić information content (AvgIpc) is 2.45. The largest absolute Gasteiger partial charge is 0.0918 e. The van der Waals surface area contributed by atoms with Crippen LogP contribution in [0.4, 0.5) is 0 Å². The third kappa shape index (κ3) is 3.75. The Morgan fingerprint density at radius 1 is 0.950 bits per heavy atom. The Kier molecular flexibility index (Phi) is 5.88. The third-order valence-corrected chi connectivity index (χ3v) is 6.21. The van der Waals surface area contributed by atoms with Gasteiger partial charge in [0.1, 0.15) is 0 Å². The van der Waals surface area contributed by atoms with Gasteiger partial charge >= 0.3 is 0 Å². The fourth-order valence-corrected chi connectivity index (χ4v) is 4.79. The maximum Gasteiger partial charge on any atom is 0.0187 e. The Morgan fingerprint density at radius 2 is 1.65 bits per heavy atom. The molecule has 0 atom stereocenters. The molecule has 3 heteroatoms. The van der Waals surface area contributed by atoms with Crippen molar-refractivity contribution in [3.05, 3.63) is 69.7 Å². The molecule has 0 aliphatic heterocycles. The Balaban J connectivity index is 2.39. The Morgan fingerprint density at radius 3 is 2.25 bits per heavy atom. The van der Waals surface area contributed by atoms with Crippen LogP contribution in [-0.2, 0) is 11.8 Å². The lowest BCUT2D eigenvalue weighted by Crippen LogP contribution is -2.33. The van der Waals surface area contributed by atoms with E-state index < -0.39 is 0 Å². The van der Waals surface area contributed by atoms with E-state index in [4.69, 9.17) is 0 Å². The molecule has 0 aliphatic rings. The number of hydrogen-bond donors (Lipinski definition) is 0. The second kappa shape index (κ2) is 7.24. The first-order valence-corrected chi connectivity index (χ1v) is 9.57. The molecule has 0 aromatic heterocycles. The number of halogens is 3. The molecule has 106 valence electrons. The van der Waals surface area contributed by atoms with Gasteiger partial charge in [-0.15, -0.1) is 0 Å². The molecule has 2 aromatic carbocycles. The number of rotatable bonds is 5. The van der Waals surface area contributed by atoms with Crippen LogP contribution in [0, 0.1) is 6.92 Å². The van der Waals surface area contributed by atoms with Crippen LogP contribution < -0.4 is 0 Å². The highest BCUT2D eigenvalue weighted by molar-refractivity contribution is 9.10. The Labute approximate surface area is 146 Å². The predicted octanol–water partition coefficient (Wildman–Crippen LogP) is 6.03. The van der Waals surface area contributed by atoms with Gasteiger partial charge in [0.25, 0.3) is 0 Å². The van der Waals surface area contributed by atoms with Crippen LogP contribution in [0.2, 0.25) is 0 Å². The molecule has 0 aliphatic carbocycles. The van der Waals surface area contributed by atoms with E-state index in [0.29, 0.717) is 0 Å². The first kappa shape index (κ1) is 16.3. The fraction of sp³-hybridized carbons (Fsp3) is 0.294. The normalized spacial score (nSPS) is 11.6. The van der Waals surface area contributed by atoms with Crippen molar-refractivity contribution in [2.75, 3.05) is 10.7 Å². The number of aryl methyl sites for hydroxylation is 1. The molecule has 0 unspecified atom stereocenters. The van der Waals surface area contributed by atoms with Crippen molar-refractivity contribution in [2.24, 2.45) is 0 Å². The topological polar surface area (TPSA) is 0 Å². The molecule has 20 heavy (non-hydrogen) atoms. The van der Waals surface area contributed by atoms with Gasteiger partial charge in [-0.25, -0.2) is 0 Å². The number of alkyl halides is 2. The summed E-state index contributed by atoms with van der Waals surface area (Å²) in [6.45, 7) is 2.15. The summed E-state index contributed by atoms with van der Waals surface area (Å²) in [4.78, 5) is 0. The molecule has 0 radical (unpaired) electrons. The van der Waals surface area contributed by atoms with Crippen LogP contribution in [0.3, 0.4) is 0 Å². The van der Waals surface area contributed by atoms with Crippen molar-refractivity contribution < 1.29 is 0 Å². The van der Waals surface area contributed by atoms with Crippen LogP contribution in [0.1, 0.15) is 16.7 Å². The molecule has 0 heterocycles. The van der Waals surface area contributed by atoms with Gasteiger partial charge in [0.15, 0.2) is 0 Å². The first-order chi connectivity index (χ1) is 9.59. The van der Waals surface area contributed by atoms with E-state index in [1.807, 2.05) is 0 Å². The third-order valence-electron chi connectivity index (χ3n) is 3.57. The highest BCUT2D eigenvalue weighted by Crippen LogP contribution is 2.34. The smallest absolute Gasteiger partial charge is 0.0187 e. The quantitative estimate of drug-likeness (QED) is 0.478. The van der Waals surface area contributed by atoms with E-state index in [2.05, 4.69) is 103 Å². The van der Waals surface area contributed by atoms with E-state index in [9.17, 15) is 0 Å². The van der Waals surface area contributed by atoms with E-state index in [-0.39, 0.29) is 5.41 Å². The maximum absolute atomic E-state index is 3.73. The van der Waals surface area contributed by atoms with Gasteiger partial charge in [-0.05, 0) is 36.6 Å². The first-order valence-electron chi connectivity index (χ1n) is 6.53. The molecule has 0 saturated heterocycles. The van der Waals surface area contributed by atoms with Crippen LogP contribution in [0.25, 0.3) is 0 Å². The molecule has 0 amide bonds. The van der Waals surface area contributed by atoms with Crippen molar-refractivity contribution in [1.82, 2.24) is 0 Å². The minimum Gasteiger partial charge on any atom is -0.0918 e. The molecule has 0 N–H and O–H groups in total. The van der Waals surface area contributed by atoms with E-state index in [1.54, 1.807) is 0 Å². The average molecular weight is 461 g/mol. The zero-order valence-corrected chi connectivity index (χ0v) is 16.1. The van der Waals surface area contributed by atoms with E-state index >= 15 is 0 Å². The lowest BCUT2D eigenvalue weighted by atomic mass is 9.79. The molecule has 0 fully saturated rings. The van der Waals surface area contributed by atoms with Gasteiger partial charge < -0.3 is 0 Å². The molecule has 0 spiro atoms. The number of hydrogen-bond acceptors (Lipinski definition) is 0. The maximum atomic E-state index is 3.73. The van der Waals surface area contributed by atoms with Gasteiger partial charge in [0.05, 0.1) is 0 Å². The summed E-state index contributed by atoms with van der Waals surface area (Å²) < 4.78 is 1.13. The summed E-state index contributed by atoms with van der Waals surface area (Å²) in [5, 5.41) is 1.85. The highest BCUT2D eigenvalue weighted by atomic mass is 79.9. The van der Waals surface area contributed by atoms with Crippen molar-refractivity contribution in [2.45, 2.75) is 18.8 Å². The zero-order valence-electron chi connectivity index (χ0n) is 11.4. The minimum atomic E-state index is 0.0670. The Hall–Kier alpha value is -0.120. The van der Waals surface area contributed by atoms with Crippen molar-refractivity contribution >= 4 is 47.8 Å². The van der Waals surface area contributed by atoms with Gasteiger partial charge in [0, 0.05) is 20.5 Å². The van der Waals surface area contributed by atoms with Crippen LogP contribution in [0.15, 0.2) is 53.0 Å². The molecule has 2 aromatic rings. The van der Waals surface area contributed by atoms with Gasteiger partial charge in [-0.2, -0.15) is 0 Å². The molecule has 2 rings (SSSR count). The standard InChI is InChI=1S/C17H17Br3/c1-13-4-2-5-14(8-13)10-17(11-18,12-19)15-6-3-7-16(20)9-15/h2-9H,10-12H2,1H3. The summed E-state index contributed by atoms with van der Waals surface area (Å²) in [6.07, 6.45) is 1.02. The summed E-state index contributed by atoms with van der Waals surface area (Å²) in [5.41, 5.74) is 4.11. The fourth-order valence-electron chi connectivity index (χ4n) is 2.42. The molecule has 0 nitrogen and oxygen atoms in total. The molecular weight excluding hydrogens is 444 g/mol. The van der Waals surface area contributed by atoms with Gasteiger partial charge in [-0.1, -0.05) is 89.8 Å². The second-order valence-corrected chi connectivity index (χ2v) is 7.26. The summed E-state index contributed by atoms with van der Waals surface area (Å²) in [7, 11) is 0. The van der Waals surface area contributed by atoms with Crippen LogP contribution >= 0.6 is 47.8 Å².